The number of carbonyl (C=O) groups is 4. The molecule has 0 aliphatic carbocycles. The fourth-order valence-electron chi connectivity index (χ4n) is 11.0. The van der Waals surface area contributed by atoms with E-state index in [2.05, 4.69) is 48.5 Å². The topological polar surface area (TPSA) is 237 Å². The van der Waals surface area contributed by atoms with Gasteiger partial charge in [-0.15, -0.1) is 0 Å². The Balaban J connectivity index is 5.23. The molecule has 0 spiro atoms. The molecule has 0 heterocycles. The lowest BCUT2D eigenvalue weighted by atomic mass is 9.99. The molecule has 92 heavy (non-hydrogen) atoms. The lowest BCUT2D eigenvalue weighted by molar-refractivity contribution is -0.161. The van der Waals surface area contributed by atoms with Crippen molar-refractivity contribution in [3.05, 3.63) is 0 Å². The second-order valence-corrected chi connectivity index (χ2v) is 30.4. The second-order valence-electron chi connectivity index (χ2n) is 27.5. The highest BCUT2D eigenvalue weighted by molar-refractivity contribution is 7.47. The van der Waals surface area contributed by atoms with Crippen LogP contribution in [0, 0.1) is 17.8 Å². The third kappa shape index (κ3) is 65.4. The van der Waals surface area contributed by atoms with Gasteiger partial charge in [-0.3, -0.25) is 37.3 Å². The molecule has 546 valence electrons. The van der Waals surface area contributed by atoms with Gasteiger partial charge in [0.05, 0.1) is 26.4 Å². The molecule has 0 saturated carbocycles. The minimum absolute atomic E-state index is 0.104. The zero-order valence-corrected chi connectivity index (χ0v) is 61.8. The van der Waals surface area contributed by atoms with Crippen molar-refractivity contribution in [2.45, 2.75) is 388 Å². The second kappa shape index (κ2) is 63.8. The molecule has 0 aromatic carbocycles. The molecule has 0 saturated heterocycles. The molecule has 6 atom stereocenters. The number of phosphoric acid groups is 2. The van der Waals surface area contributed by atoms with Gasteiger partial charge in [0.25, 0.3) is 0 Å². The van der Waals surface area contributed by atoms with E-state index in [4.69, 9.17) is 37.0 Å². The number of ether oxygens (including phenoxy) is 4. The van der Waals surface area contributed by atoms with Crippen molar-refractivity contribution in [3.8, 4) is 0 Å². The van der Waals surface area contributed by atoms with Crippen LogP contribution in [0.3, 0.4) is 0 Å². The Morgan fingerprint density at radius 2 is 0.554 bits per heavy atom. The van der Waals surface area contributed by atoms with E-state index in [9.17, 15) is 43.2 Å². The van der Waals surface area contributed by atoms with Crippen LogP contribution in [0.25, 0.3) is 0 Å². The van der Waals surface area contributed by atoms with Crippen LogP contribution in [-0.4, -0.2) is 96.7 Å². The number of esters is 4. The van der Waals surface area contributed by atoms with Crippen molar-refractivity contribution in [1.82, 2.24) is 0 Å². The summed E-state index contributed by atoms with van der Waals surface area (Å²) in [5.41, 5.74) is 0. The maximum Gasteiger partial charge on any atom is 0.472 e. The third-order valence-corrected chi connectivity index (χ3v) is 19.1. The first-order valence-electron chi connectivity index (χ1n) is 37.9. The van der Waals surface area contributed by atoms with Crippen molar-refractivity contribution in [1.29, 1.82) is 0 Å². The predicted octanol–water partition coefficient (Wildman–Crippen LogP) is 21.0. The van der Waals surface area contributed by atoms with Crippen LogP contribution in [0.15, 0.2) is 0 Å². The van der Waals surface area contributed by atoms with Crippen LogP contribution in [0.2, 0.25) is 0 Å². The SMILES string of the molecule is CCCCCCCCCCCCCCCC(=O)OC[C@H](COP(=O)(O)OC[C@@H](O)COP(=O)(O)OC[C@@H](COC(=O)CCCCCCCCC(C)C)OC(=O)CCCCCCCCCCCC(C)C)OC(=O)CCCCCCCCCCCCCCCCC(C)CC. The Morgan fingerprint density at radius 3 is 0.826 bits per heavy atom. The molecule has 0 bridgehead atoms. The van der Waals surface area contributed by atoms with Gasteiger partial charge in [0.2, 0.25) is 0 Å². The van der Waals surface area contributed by atoms with Gasteiger partial charge in [-0.2, -0.15) is 0 Å². The summed E-state index contributed by atoms with van der Waals surface area (Å²) in [4.78, 5) is 72.6. The summed E-state index contributed by atoms with van der Waals surface area (Å²) in [7, 11) is -9.91. The normalized spacial score (nSPS) is 14.4. The molecule has 0 fully saturated rings. The van der Waals surface area contributed by atoms with Crippen molar-refractivity contribution < 1.29 is 80.2 Å². The number of aliphatic hydroxyl groups is 1. The first-order chi connectivity index (χ1) is 44.3. The molecule has 0 aliphatic heterocycles. The van der Waals surface area contributed by atoms with Crippen molar-refractivity contribution >= 4 is 39.5 Å². The van der Waals surface area contributed by atoms with Crippen LogP contribution in [0.1, 0.15) is 370 Å². The summed E-state index contributed by atoms with van der Waals surface area (Å²) in [6.07, 6.45) is 48.6. The number of rotatable bonds is 71. The minimum atomic E-state index is -4.95. The summed E-state index contributed by atoms with van der Waals surface area (Å²) >= 11 is 0. The van der Waals surface area contributed by atoms with Crippen LogP contribution in [-0.2, 0) is 65.4 Å². The maximum absolute atomic E-state index is 13.1. The van der Waals surface area contributed by atoms with Gasteiger partial charge in [0.15, 0.2) is 12.2 Å². The summed E-state index contributed by atoms with van der Waals surface area (Å²) < 4.78 is 68.4. The van der Waals surface area contributed by atoms with E-state index in [1.807, 2.05) is 0 Å². The Hall–Kier alpha value is -1.94. The monoisotopic (exact) mass is 1350 g/mol. The summed E-state index contributed by atoms with van der Waals surface area (Å²) in [6, 6.07) is 0. The van der Waals surface area contributed by atoms with E-state index in [1.54, 1.807) is 0 Å². The zero-order valence-electron chi connectivity index (χ0n) is 60.0. The number of aliphatic hydroxyl groups excluding tert-OH is 1. The summed E-state index contributed by atoms with van der Waals surface area (Å²) in [5, 5.41) is 10.6. The molecule has 0 radical (unpaired) electrons. The molecule has 19 heteroatoms. The van der Waals surface area contributed by atoms with Gasteiger partial charge >= 0.3 is 39.5 Å². The van der Waals surface area contributed by atoms with E-state index in [0.29, 0.717) is 31.6 Å². The first kappa shape index (κ1) is 90.1. The van der Waals surface area contributed by atoms with E-state index in [1.165, 1.54) is 173 Å². The third-order valence-electron chi connectivity index (χ3n) is 17.2. The minimum Gasteiger partial charge on any atom is -0.462 e. The highest BCUT2D eigenvalue weighted by Crippen LogP contribution is 2.45. The average molecular weight is 1350 g/mol. The van der Waals surface area contributed by atoms with Gasteiger partial charge in [-0.25, -0.2) is 9.13 Å². The Bertz CT molecular complexity index is 1800. The molecular weight excluding hydrogens is 1210 g/mol. The number of unbranched alkanes of at least 4 members (excludes halogenated alkanes) is 38. The van der Waals surface area contributed by atoms with E-state index < -0.39 is 97.5 Å². The van der Waals surface area contributed by atoms with Crippen molar-refractivity contribution in [2.75, 3.05) is 39.6 Å². The molecule has 0 aliphatic rings. The molecule has 0 amide bonds. The predicted molar refractivity (Wildman–Crippen MR) is 372 cm³/mol. The number of phosphoric ester groups is 2. The fraction of sp³-hybridized carbons (Fsp3) is 0.945. The van der Waals surface area contributed by atoms with Gasteiger partial charge in [0, 0.05) is 25.7 Å². The fourth-order valence-corrected chi connectivity index (χ4v) is 12.6. The summed E-state index contributed by atoms with van der Waals surface area (Å²) in [6.45, 7) is 11.8. The zero-order chi connectivity index (χ0) is 68.0. The Labute approximate surface area is 562 Å². The van der Waals surface area contributed by atoms with Gasteiger partial charge in [-0.05, 0) is 43.4 Å². The van der Waals surface area contributed by atoms with Crippen LogP contribution in [0.5, 0.6) is 0 Å². The van der Waals surface area contributed by atoms with E-state index in [-0.39, 0.29) is 25.7 Å². The van der Waals surface area contributed by atoms with Crippen LogP contribution in [0.4, 0.5) is 0 Å². The van der Waals surface area contributed by atoms with Gasteiger partial charge < -0.3 is 33.8 Å². The molecule has 3 unspecified atom stereocenters. The molecule has 17 nitrogen and oxygen atoms in total. The van der Waals surface area contributed by atoms with Crippen LogP contribution < -0.4 is 0 Å². The number of hydrogen-bond donors (Lipinski definition) is 3. The molecular formula is C73H142O17P2. The smallest absolute Gasteiger partial charge is 0.462 e. The summed E-state index contributed by atoms with van der Waals surface area (Å²) in [5.74, 6) is 0.138. The van der Waals surface area contributed by atoms with Crippen LogP contribution >= 0.6 is 15.6 Å². The average Bonchev–Trinajstić information content (AvgIpc) is 3.50. The standard InChI is InChI=1S/C73H142O17P2/c1-8-10-11-12-13-14-15-18-22-27-32-40-47-54-70(75)83-60-68(89-72(77)56-49-42-33-28-23-20-17-16-19-21-26-31-39-46-53-66(7)9-2)62-87-91(79,80)85-58-67(74)59-86-92(81,82)88-63-69(61-84-71(76)55-48-41-36-35-38-45-52-65(5)6)90-73(78)57-50-43-34-29-24-25-30-37-44-51-64(3)4/h64-69,74H,8-63H2,1-7H3,(H,79,80)(H,81,82)/t66?,67-,68-,69-/m1/s1. The molecule has 0 aromatic rings. The van der Waals surface area contributed by atoms with E-state index >= 15 is 0 Å². The molecule has 0 rings (SSSR count). The van der Waals surface area contributed by atoms with Crippen molar-refractivity contribution in [2.24, 2.45) is 17.8 Å². The van der Waals surface area contributed by atoms with E-state index in [0.717, 1.165) is 108 Å². The van der Waals surface area contributed by atoms with Gasteiger partial charge in [-0.1, -0.05) is 318 Å². The lowest BCUT2D eigenvalue weighted by Crippen LogP contribution is -2.30. The molecule has 3 N–H and O–H groups in total. The quantitative estimate of drug-likeness (QED) is 0.0222. The highest BCUT2D eigenvalue weighted by atomic mass is 31.2. The maximum atomic E-state index is 13.1. The first-order valence-corrected chi connectivity index (χ1v) is 40.9. The highest BCUT2D eigenvalue weighted by Gasteiger charge is 2.30. The van der Waals surface area contributed by atoms with Crippen molar-refractivity contribution in [3.63, 3.8) is 0 Å². The number of hydrogen-bond acceptors (Lipinski definition) is 15. The Kier molecular flexibility index (Phi) is 62.4. The lowest BCUT2D eigenvalue weighted by Gasteiger charge is -2.21. The van der Waals surface area contributed by atoms with Gasteiger partial charge in [0.1, 0.15) is 19.3 Å². The Morgan fingerprint density at radius 1 is 0.315 bits per heavy atom. The molecule has 0 aromatic heterocycles. The largest absolute Gasteiger partial charge is 0.472 e. The number of carbonyl (C=O) groups excluding carboxylic acids is 4.